The van der Waals surface area contributed by atoms with Gasteiger partial charge in [-0.2, -0.15) is 5.10 Å². The summed E-state index contributed by atoms with van der Waals surface area (Å²) in [4.78, 5) is 32.8. The minimum atomic E-state index is -0.323. The fourth-order valence-electron chi connectivity index (χ4n) is 5.09. The van der Waals surface area contributed by atoms with Gasteiger partial charge in [0.1, 0.15) is 22.8 Å². The van der Waals surface area contributed by atoms with E-state index in [4.69, 9.17) is 0 Å². The van der Waals surface area contributed by atoms with Crippen molar-refractivity contribution in [3.8, 4) is 0 Å². The topological polar surface area (TPSA) is 73.7 Å². The molecule has 1 N–H and O–H groups in total. The van der Waals surface area contributed by atoms with E-state index < -0.39 is 0 Å². The number of para-hydroxylation sites is 1. The molecule has 0 aliphatic carbocycles. The Morgan fingerprint density at radius 1 is 0.838 bits per heavy atom. The van der Waals surface area contributed by atoms with Crippen LogP contribution in [0, 0.1) is 11.6 Å². The highest BCUT2D eigenvalue weighted by molar-refractivity contribution is 6.00. The number of halogens is 2. The number of H-pyrrole nitrogens is 1. The average molecular weight is 500 g/mol. The molecule has 0 saturated carbocycles. The molecule has 0 atom stereocenters. The Morgan fingerprint density at radius 2 is 1.43 bits per heavy atom. The minimum absolute atomic E-state index is 0.208. The SMILES string of the molecule is O=C(c1cnn2c1[nH]c(=O)c1ccccc12)N1CCN(C(c2ccc(F)cc2)c2ccc(F)cc2)CC1. The van der Waals surface area contributed by atoms with Crippen molar-refractivity contribution < 1.29 is 13.6 Å². The second kappa shape index (κ2) is 9.25. The molecule has 0 radical (unpaired) electrons. The Kier molecular flexibility index (Phi) is 5.77. The third-order valence-corrected chi connectivity index (χ3v) is 6.95. The van der Waals surface area contributed by atoms with Crippen LogP contribution >= 0.6 is 0 Å². The molecule has 0 bridgehead atoms. The van der Waals surface area contributed by atoms with Crippen LogP contribution in [-0.4, -0.2) is 56.5 Å². The van der Waals surface area contributed by atoms with Gasteiger partial charge in [0.05, 0.1) is 23.1 Å². The Morgan fingerprint density at radius 3 is 2.05 bits per heavy atom. The zero-order chi connectivity index (χ0) is 25.5. The first-order valence-corrected chi connectivity index (χ1v) is 12.0. The Bertz CT molecular complexity index is 1610. The largest absolute Gasteiger partial charge is 0.336 e. The first-order valence-electron chi connectivity index (χ1n) is 12.0. The Labute approximate surface area is 210 Å². The van der Waals surface area contributed by atoms with Gasteiger partial charge in [-0.05, 0) is 47.5 Å². The van der Waals surface area contributed by atoms with Crippen molar-refractivity contribution in [2.45, 2.75) is 6.04 Å². The summed E-state index contributed by atoms with van der Waals surface area (Å²) in [6, 6.07) is 19.5. The quantitative estimate of drug-likeness (QED) is 0.406. The number of piperazine rings is 1. The number of carbonyl (C=O) groups excluding carboxylic acids is 1. The molecule has 0 unspecified atom stereocenters. The van der Waals surface area contributed by atoms with Crippen LogP contribution in [0.3, 0.4) is 0 Å². The number of hydrogen-bond acceptors (Lipinski definition) is 4. The van der Waals surface area contributed by atoms with Crippen molar-refractivity contribution in [1.29, 1.82) is 0 Å². The number of nitrogens with one attached hydrogen (secondary N) is 1. The molecule has 1 aliphatic heterocycles. The third kappa shape index (κ3) is 4.17. The highest BCUT2D eigenvalue weighted by Crippen LogP contribution is 2.30. The number of benzene rings is 3. The molecule has 7 nitrogen and oxygen atoms in total. The number of carbonyl (C=O) groups is 1. The second-order valence-corrected chi connectivity index (χ2v) is 9.12. The standard InChI is InChI=1S/C28H23F2N5O2/c29-20-9-5-18(6-10-20)25(19-7-11-21(30)12-8-19)33-13-15-34(16-14-33)28(37)23-17-31-35-24-4-2-1-3-22(24)27(36)32-26(23)35/h1-12,17,25H,13-16H2,(H,32,36). The highest BCUT2D eigenvalue weighted by Gasteiger charge is 2.30. The summed E-state index contributed by atoms with van der Waals surface area (Å²) in [6.07, 6.45) is 1.49. The fourth-order valence-corrected chi connectivity index (χ4v) is 5.09. The lowest BCUT2D eigenvalue weighted by Gasteiger charge is -2.39. The smallest absolute Gasteiger partial charge is 0.259 e. The number of aromatic nitrogens is 3. The van der Waals surface area contributed by atoms with Crippen LogP contribution in [0.15, 0.2) is 83.8 Å². The molecule has 37 heavy (non-hydrogen) atoms. The van der Waals surface area contributed by atoms with Crippen LogP contribution in [0.25, 0.3) is 16.6 Å². The molecule has 186 valence electrons. The van der Waals surface area contributed by atoms with E-state index in [0.717, 1.165) is 11.1 Å². The van der Waals surface area contributed by atoms with E-state index >= 15 is 0 Å². The minimum Gasteiger partial charge on any atom is -0.336 e. The fraction of sp³-hybridized carbons (Fsp3) is 0.179. The lowest BCUT2D eigenvalue weighted by molar-refractivity contribution is 0.0599. The number of fused-ring (bicyclic) bond motifs is 3. The molecule has 3 aromatic carbocycles. The summed E-state index contributed by atoms with van der Waals surface area (Å²) in [7, 11) is 0. The Balaban J connectivity index is 1.26. The van der Waals surface area contributed by atoms with Gasteiger partial charge in [-0.1, -0.05) is 36.4 Å². The van der Waals surface area contributed by atoms with Crippen molar-refractivity contribution >= 4 is 22.5 Å². The molecule has 6 rings (SSSR count). The predicted molar refractivity (Wildman–Crippen MR) is 135 cm³/mol. The van der Waals surface area contributed by atoms with Crippen LogP contribution in [0.4, 0.5) is 8.78 Å². The summed E-state index contributed by atoms with van der Waals surface area (Å²) in [5.41, 5.74) is 2.84. The number of aromatic amines is 1. The summed E-state index contributed by atoms with van der Waals surface area (Å²) in [6.45, 7) is 2.02. The summed E-state index contributed by atoms with van der Waals surface area (Å²) in [5.74, 6) is -0.854. The molecule has 1 amide bonds. The summed E-state index contributed by atoms with van der Waals surface area (Å²) < 4.78 is 28.8. The van der Waals surface area contributed by atoms with Gasteiger partial charge in [-0.15, -0.1) is 0 Å². The van der Waals surface area contributed by atoms with E-state index in [1.54, 1.807) is 51.9 Å². The van der Waals surface area contributed by atoms with Crippen LogP contribution in [-0.2, 0) is 0 Å². The molecular weight excluding hydrogens is 476 g/mol. The van der Waals surface area contributed by atoms with Crippen LogP contribution in [0.2, 0.25) is 0 Å². The molecule has 9 heteroatoms. The van der Waals surface area contributed by atoms with Gasteiger partial charge >= 0.3 is 0 Å². The maximum Gasteiger partial charge on any atom is 0.259 e. The lowest BCUT2D eigenvalue weighted by Crippen LogP contribution is -2.49. The molecular formula is C28H23F2N5O2. The first kappa shape index (κ1) is 23.1. The van der Waals surface area contributed by atoms with Crippen molar-refractivity contribution in [2.75, 3.05) is 26.2 Å². The molecule has 2 aromatic heterocycles. The average Bonchev–Trinajstić information content (AvgIpc) is 3.35. The van der Waals surface area contributed by atoms with Crippen molar-refractivity contribution in [3.05, 3.63) is 118 Å². The van der Waals surface area contributed by atoms with E-state index in [9.17, 15) is 18.4 Å². The van der Waals surface area contributed by atoms with Crippen molar-refractivity contribution in [3.63, 3.8) is 0 Å². The monoisotopic (exact) mass is 499 g/mol. The van der Waals surface area contributed by atoms with Gasteiger partial charge < -0.3 is 9.88 Å². The van der Waals surface area contributed by atoms with Gasteiger partial charge in [-0.3, -0.25) is 14.5 Å². The zero-order valence-corrected chi connectivity index (χ0v) is 19.8. The predicted octanol–water partition coefficient (Wildman–Crippen LogP) is 4.00. The van der Waals surface area contributed by atoms with Gasteiger partial charge in [0.2, 0.25) is 0 Å². The number of amides is 1. The lowest BCUT2D eigenvalue weighted by atomic mass is 9.96. The number of hydrogen-bond donors (Lipinski definition) is 1. The van der Waals surface area contributed by atoms with Gasteiger partial charge in [0.15, 0.2) is 0 Å². The second-order valence-electron chi connectivity index (χ2n) is 9.12. The molecule has 1 saturated heterocycles. The first-order chi connectivity index (χ1) is 18.0. The maximum absolute atomic E-state index is 13.6. The van der Waals surface area contributed by atoms with Gasteiger partial charge in [0, 0.05) is 26.2 Å². The van der Waals surface area contributed by atoms with Crippen molar-refractivity contribution in [1.82, 2.24) is 24.4 Å². The third-order valence-electron chi connectivity index (χ3n) is 6.95. The highest BCUT2D eigenvalue weighted by atomic mass is 19.1. The van der Waals surface area contributed by atoms with Gasteiger partial charge in [0.25, 0.3) is 11.5 Å². The van der Waals surface area contributed by atoms with E-state index in [2.05, 4.69) is 15.0 Å². The van der Waals surface area contributed by atoms with E-state index in [-0.39, 0.29) is 29.1 Å². The van der Waals surface area contributed by atoms with Crippen LogP contribution < -0.4 is 5.56 Å². The molecule has 3 heterocycles. The summed E-state index contributed by atoms with van der Waals surface area (Å²) >= 11 is 0. The van der Waals surface area contributed by atoms with E-state index in [1.165, 1.54) is 30.5 Å². The normalized spacial score (nSPS) is 14.6. The number of nitrogens with zero attached hydrogens (tertiary/aromatic N) is 4. The van der Waals surface area contributed by atoms with E-state index in [1.807, 2.05) is 6.07 Å². The molecule has 1 aliphatic rings. The number of rotatable bonds is 4. The van der Waals surface area contributed by atoms with Crippen molar-refractivity contribution in [2.24, 2.45) is 0 Å². The summed E-state index contributed by atoms with van der Waals surface area (Å²) in [5, 5.41) is 4.87. The van der Waals surface area contributed by atoms with Crippen LogP contribution in [0.1, 0.15) is 27.5 Å². The maximum atomic E-state index is 13.6. The molecule has 5 aromatic rings. The molecule has 1 fully saturated rings. The Hall–Kier alpha value is -4.37. The molecule has 0 spiro atoms. The van der Waals surface area contributed by atoms with E-state index in [0.29, 0.717) is 48.3 Å². The van der Waals surface area contributed by atoms with Crippen LogP contribution in [0.5, 0.6) is 0 Å². The van der Waals surface area contributed by atoms with Gasteiger partial charge in [-0.25, -0.2) is 13.3 Å². The zero-order valence-electron chi connectivity index (χ0n) is 19.8.